The van der Waals surface area contributed by atoms with Gasteiger partial charge in [-0.05, 0) is 82.7 Å². The van der Waals surface area contributed by atoms with Gasteiger partial charge in [-0.3, -0.25) is 9.36 Å². The van der Waals surface area contributed by atoms with E-state index in [0.29, 0.717) is 17.1 Å². The summed E-state index contributed by atoms with van der Waals surface area (Å²) in [5.74, 6) is 0.499. The van der Waals surface area contributed by atoms with Gasteiger partial charge in [-0.1, -0.05) is 6.07 Å². The quantitative estimate of drug-likeness (QED) is 0.296. The van der Waals surface area contributed by atoms with Crippen LogP contribution in [0.4, 0.5) is 8.78 Å². The number of alkyl halides is 2. The minimum atomic E-state index is -2.70. The number of rotatable bonds is 5. The van der Waals surface area contributed by atoms with Crippen molar-refractivity contribution in [2.24, 2.45) is 11.5 Å². The molecule has 4 N–H and O–H groups in total. The van der Waals surface area contributed by atoms with E-state index in [1.807, 2.05) is 39.0 Å². The van der Waals surface area contributed by atoms with Gasteiger partial charge in [0.05, 0.1) is 16.6 Å². The maximum absolute atomic E-state index is 13.1. The fourth-order valence-corrected chi connectivity index (χ4v) is 3.39. The maximum Gasteiger partial charge on any atom is 0.282 e. The molecule has 3 aromatic heterocycles. The first-order valence-electron chi connectivity index (χ1n) is 11.1. The van der Waals surface area contributed by atoms with Crippen molar-refractivity contribution in [2.75, 3.05) is 0 Å². The zero-order chi connectivity index (χ0) is 26.6. The summed E-state index contributed by atoms with van der Waals surface area (Å²) in [5.41, 5.74) is 15.3. The molecule has 0 radical (unpaired) electrons. The SMILES string of the molecule is C/C(N)=C/C=C(/C)N.CC(=O)c1ccc(-n2cnc3ccc(C)cc32)nc1-n1nc(C(F)F)cc1C. The van der Waals surface area contributed by atoms with Crippen LogP contribution in [0.3, 0.4) is 0 Å². The molecule has 10 heteroatoms. The number of Topliss-reactive ketones (excluding diaryl/α,β-unsaturated/α-hetero) is 1. The first-order valence-corrected chi connectivity index (χ1v) is 11.1. The molecule has 4 rings (SSSR count). The summed E-state index contributed by atoms with van der Waals surface area (Å²) in [6.45, 7) is 8.67. The highest BCUT2D eigenvalue weighted by atomic mass is 19.3. The van der Waals surface area contributed by atoms with Crippen LogP contribution in [-0.2, 0) is 0 Å². The number of nitrogens with two attached hydrogens (primary N) is 2. The lowest BCUT2D eigenvalue weighted by Gasteiger charge is -2.11. The van der Waals surface area contributed by atoms with Gasteiger partial charge in [0.15, 0.2) is 11.6 Å². The van der Waals surface area contributed by atoms with Crippen molar-refractivity contribution in [3.8, 4) is 11.6 Å². The molecule has 4 aromatic rings. The Morgan fingerprint density at radius 2 is 1.67 bits per heavy atom. The molecule has 8 nitrogen and oxygen atoms in total. The van der Waals surface area contributed by atoms with Crippen molar-refractivity contribution in [3.05, 3.63) is 88.8 Å². The fraction of sp³-hybridized carbons (Fsp3) is 0.231. The molecule has 3 heterocycles. The number of ketones is 1. The number of nitrogens with zero attached hydrogens (tertiary/aromatic N) is 5. The summed E-state index contributed by atoms with van der Waals surface area (Å²) in [4.78, 5) is 21.1. The molecule has 0 bridgehead atoms. The molecule has 0 unspecified atom stereocenters. The molecule has 0 spiro atoms. The predicted octanol–water partition coefficient (Wildman–Crippen LogP) is 5.07. The smallest absolute Gasteiger partial charge is 0.282 e. The van der Waals surface area contributed by atoms with E-state index >= 15 is 0 Å². The van der Waals surface area contributed by atoms with Crippen molar-refractivity contribution in [1.82, 2.24) is 24.3 Å². The minimum Gasteiger partial charge on any atom is -0.402 e. The highest BCUT2D eigenvalue weighted by molar-refractivity contribution is 5.97. The largest absolute Gasteiger partial charge is 0.402 e. The summed E-state index contributed by atoms with van der Waals surface area (Å²) in [5, 5.41) is 3.95. The molecule has 0 fully saturated rings. The third kappa shape index (κ3) is 6.01. The number of aryl methyl sites for hydroxylation is 2. The average Bonchev–Trinajstić information content (AvgIpc) is 3.41. The third-order valence-corrected chi connectivity index (χ3v) is 5.13. The van der Waals surface area contributed by atoms with Crippen molar-refractivity contribution >= 4 is 16.8 Å². The molecule has 0 aliphatic carbocycles. The van der Waals surface area contributed by atoms with E-state index in [9.17, 15) is 13.6 Å². The molecule has 1 aromatic carbocycles. The third-order valence-electron chi connectivity index (χ3n) is 5.13. The Kier molecular flexibility index (Phi) is 7.98. The first kappa shape index (κ1) is 26.3. The van der Waals surface area contributed by atoms with E-state index < -0.39 is 6.43 Å². The summed E-state index contributed by atoms with van der Waals surface area (Å²) in [6, 6.07) is 10.5. The Morgan fingerprint density at radius 1 is 1.00 bits per heavy atom. The van der Waals surface area contributed by atoms with E-state index in [1.54, 1.807) is 42.1 Å². The number of benzene rings is 1. The minimum absolute atomic E-state index is 0.212. The van der Waals surface area contributed by atoms with E-state index in [-0.39, 0.29) is 17.3 Å². The monoisotopic (exact) mass is 493 g/mol. The van der Waals surface area contributed by atoms with Gasteiger partial charge in [0.1, 0.15) is 17.8 Å². The van der Waals surface area contributed by atoms with Crippen molar-refractivity contribution in [3.63, 3.8) is 0 Å². The summed E-state index contributed by atoms with van der Waals surface area (Å²) < 4.78 is 29.2. The van der Waals surface area contributed by atoms with Crippen molar-refractivity contribution in [2.45, 2.75) is 41.0 Å². The van der Waals surface area contributed by atoms with Crippen LogP contribution in [0.15, 0.2) is 66.3 Å². The van der Waals surface area contributed by atoms with Gasteiger partial charge in [-0.25, -0.2) is 23.4 Å². The van der Waals surface area contributed by atoms with Crippen molar-refractivity contribution < 1.29 is 13.6 Å². The van der Waals surface area contributed by atoms with Gasteiger partial charge in [0.25, 0.3) is 6.43 Å². The second-order valence-corrected chi connectivity index (χ2v) is 8.45. The van der Waals surface area contributed by atoms with E-state index in [1.165, 1.54) is 17.7 Å². The molecule has 0 atom stereocenters. The Morgan fingerprint density at radius 3 is 2.22 bits per heavy atom. The maximum atomic E-state index is 13.1. The number of carbonyl (C=O) groups is 1. The number of imidazole rings is 1. The van der Waals surface area contributed by atoms with Crippen LogP contribution in [0.25, 0.3) is 22.7 Å². The number of fused-ring (bicyclic) bond motifs is 1. The number of aromatic nitrogens is 5. The van der Waals surface area contributed by atoms with Crippen LogP contribution in [-0.4, -0.2) is 30.1 Å². The van der Waals surface area contributed by atoms with Gasteiger partial charge < -0.3 is 11.5 Å². The number of pyridine rings is 1. The number of halogens is 2. The van der Waals surface area contributed by atoms with Gasteiger partial charge in [-0.15, -0.1) is 0 Å². The van der Waals surface area contributed by atoms with Gasteiger partial charge in [0.2, 0.25) is 0 Å². The van der Waals surface area contributed by atoms with Crippen LogP contribution >= 0.6 is 0 Å². The summed E-state index contributed by atoms with van der Waals surface area (Å²) in [7, 11) is 0. The van der Waals surface area contributed by atoms with Crippen LogP contribution in [0.2, 0.25) is 0 Å². The molecular formula is C26H29F2N7O. The zero-order valence-corrected chi connectivity index (χ0v) is 20.8. The van der Waals surface area contributed by atoms with Gasteiger partial charge >= 0.3 is 0 Å². The highest BCUT2D eigenvalue weighted by Gasteiger charge is 2.20. The van der Waals surface area contributed by atoms with Crippen LogP contribution in [0, 0.1) is 13.8 Å². The number of hydrogen-bond acceptors (Lipinski definition) is 6. The molecule has 0 saturated carbocycles. The molecule has 0 aliphatic rings. The van der Waals surface area contributed by atoms with Gasteiger partial charge in [0, 0.05) is 17.1 Å². The number of hydrogen-bond donors (Lipinski definition) is 2. The van der Waals surface area contributed by atoms with Crippen LogP contribution in [0.5, 0.6) is 0 Å². The second kappa shape index (κ2) is 10.9. The second-order valence-electron chi connectivity index (χ2n) is 8.45. The Bertz CT molecular complexity index is 1440. The fourth-order valence-electron chi connectivity index (χ4n) is 3.39. The Labute approximate surface area is 208 Å². The first-order chi connectivity index (χ1) is 17.0. The Balaban J connectivity index is 0.000000392. The van der Waals surface area contributed by atoms with Crippen LogP contribution in [0.1, 0.15) is 54.5 Å². The molecule has 36 heavy (non-hydrogen) atoms. The van der Waals surface area contributed by atoms with Crippen molar-refractivity contribution in [1.29, 1.82) is 0 Å². The standard InChI is InChI=1S/C20H17F2N5O.C6H12N2/c1-11-4-6-15-17(8-11)26(10-23-15)18-7-5-14(13(3)28)20(24-18)27-12(2)9-16(25-27)19(21)22;1-5(7)3-4-6(2)8/h4-10,19H,1-3H3;3-4H,7-8H2,1-2H3/b;5-3-,6-4-. The molecular weight excluding hydrogens is 464 g/mol. The van der Waals surface area contributed by atoms with E-state index in [2.05, 4.69) is 15.1 Å². The van der Waals surface area contributed by atoms with Crippen LogP contribution < -0.4 is 11.5 Å². The predicted molar refractivity (Wildman–Crippen MR) is 136 cm³/mol. The summed E-state index contributed by atoms with van der Waals surface area (Å²) in [6.07, 6.45) is 2.49. The molecule has 0 aliphatic heterocycles. The zero-order valence-electron chi connectivity index (χ0n) is 20.8. The molecule has 188 valence electrons. The van der Waals surface area contributed by atoms with Gasteiger partial charge in [-0.2, -0.15) is 5.10 Å². The molecule has 0 saturated heterocycles. The lowest BCUT2D eigenvalue weighted by Crippen LogP contribution is -2.11. The van der Waals surface area contributed by atoms with E-state index in [4.69, 9.17) is 11.5 Å². The van der Waals surface area contributed by atoms with E-state index in [0.717, 1.165) is 28.0 Å². The molecule has 0 amide bonds. The normalized spacial score (nSPS) is 12.1. The Hall–Kier alpha value is -4.34. The average molecular weight is 494 g/mol. The highest BCUT2D eigenvalue weighted by Crippen LogP contribution is 2.24. The lowest BCUT2D eigenvalue weighted by atomic mass is 10.2. The topological polar surface area (TPSA) is 118 Å². The number of allylic oxidation sites excluding steroid dienone is 4. The number of carbonyl (C=O) groups excluding carboxylic acids is 1. The summed E-state index contributed by atoms with van der Waals surface area (Å²) >= 11 is 0. The lowest BCUT2D eigenvalue weighted by molar-refractivity contribution is 0.101.